The van der Waals surface area contributed by atoms with Crippen molar-refractivity contribution in [2.45, 2.75) is 24.5 Å². The molecule has 13 heavy (non-hydrogen) atoms. The van der Waals surface area contributed by atoms with Gasteiger partial charge in [-0.3, -0.25) is 0 Å². The van der Waals surface area contributed by atoms with Crippen molar-refractivity contribution in [3.63, 3.8) is 0 Å². The van der Waals surface area contributed by atoms with Gasteiger partial charge in [0.25, 0.3) is 0 Å². The molecule has 1 aromatic rings. The zero-order valence-electron chi connectivity index (χ0n) is 8.21. The van der Waals surface area contributed by atoms with E-state index < -0.39 is 0 Å². The third kappa shape index (κ3) is 4.16. The fourth-order valence-corrected chi connectivity index (χ4v) is 3.10. The second-order valence-corrected chi connectivity index (χ2v) is 5.33. The number of ether oxygens (including phenoxy) is 1. The van der Waals surface area contributed by atoms with Crippen molar-refractivity contribution >= 4 is 23.1 Å². The molecule has 0 N–H and O–H groups in total. The van der Waals surface area contributed by atoms with E-state index in [1.165, 1.54) is 9.09 Å². The lowest BCUT2D eigenvalue weighted by atomic mass is 10.4. The quantitative estimate of drug-likeness (QED) is 0.532. The van der Waals surface area contributed by atoms with Crippen LogP contribution in [0.5, 0.6) is 0 Å². The zero-order valence-corrected chi connectivity index (χ0v) is 9.84. The SMILES string of the molecule is CCOCCc1ccc(SCC)s1. The van der Waals surface area contributed by atoms with Crippen LogP contribution in [0.15, 0.2) is 16.3 Å². The van der Waals surface area contributed by atoms with Crippen molar-refractivity contribution in [1.82, 2.24) is 0 Å². The van der Waals surface area contributed by atoms with Crippen LogP contribution in [0.25, 0.3) is 0 Å². The Balaban J connectivity index is 2.31. The van der Waals surface area contributed by atoms with E-state index in [1.807, 2.05) is 30.0 Å². The highest BCUT2D eigenvalue weighted by Gasteiger charge is 1.99. The molecule has 0 radical (unpaired) electrons. The van der Waals surface area contributed by atoms with Gasteiger partial charge >= 0.3 is 0 Å². The van der Waals surface area contributed by atoms with Crippen LogP contribution < -0.4 is 0 Å². The number of thiophene rings is 1. The Morgan fingerprint density at radius 1 is 1.38 bits per heavy atom. The van der Waals surface area contributed by atoms with Crippen molar-refractivity contribution in [2.75, 3.05) is 19.0 Å². The lowest BCUT2D eigenvalue weighted by Crippen LogP contribution is -1.95. The molecular formula is C10H16OS2. The van der Waals surface area contributed by atoms with Crippen molar-refractivity contribution in [2.24, 2.45) is 0 Å². The molecule has 0 aromatic carbocycles. The van der Waals surface area contributed by atoms with Crippen molar-refractivity contribution in [1.29, 1.82) is 0 Å². The largest absolute Gasteiger partial charge is 0.381 e. The van der Waals surface area contributed by atoms with Crippen LogP contribution in [0.4, 0.5) is 0 Å². The molecule has 0 amide bonds. The molecule has 1 nitrogen and oxygen atoms in total. The van der Waals surface area contributed by atoms with Gasteiger partial charge in [-0.25, -0.2) is 0 Å². The van der Waals surface area contributed by atoms with E-state index in [-0.39, 0.29) is 0 Å². The normalized spacial score (nSPS) is 10.6. The summed E-state index contributed by atoms with van der Waals surface area (Å²) in [5.74, 6) is 1.16. The molecule has 1 heterocycles. The van der Waals surface area contributed by atoms with Crippen molar-refractivity contribution in [3.05, 3.63) is 17.0 Å². The minimum atomic E-state index is 0.821. The summed E-state index contributed by atoms with van der Waals surface area (Å²) in [6, 6.07) is 4.42. The van der Waals surface area contributed by atoms with Gasteiger partial charge in [0.05, 0.1) is 10.8 Å². The first-order chi connectivity index (χ1) is 6.36. The van der Waals surface area contributed by atoms with E-state index in [0.717, 1.165) is 25.4 Å². The van der Waals surface area contributed by atoms with E-state index in [0.29, 0.717) is 0 Å². The van der Waals surface area contributed by atoms with Gasteiger partial charge in [0.15, 0.2) is 0 Å². The Bertz CT molecular complexity index is 233. The van der Waals surface area contributed by atoms with Gasteiger partial charge < -0.3 is 4.74 Å². The van der Waals surface area contributed by atoms with Gasteiger partial charge in [0.2, 0.25) is 0 Å². The summed E-state index contributed by atoms with van der Waals surface area (Å²) in [5, 5.41) is 0. The second kappa shape index (κ2) is 6.46. The fraction of sp³-hybridized carbons (Fsp3) is 0.600. The van der Waals surface area contributed by atoms with Crippen LogP contribution in [-0.4, -0.2) is 19.0 Å². The van der Waals surface area contributed by atoms with Crippen LogP contribution in [0.3, 0.4) is 0 Å². The monoisotopic (exact) mass is 216 g/mol. The Labute approximate surface area is 88.5 Å². The summed E-state index contributed by atoms with van der Waals surface area (Å²) in [5.41, 5.74) is 0. The number of rotatable bonds is 6. The maximum atomic E-state index is 5.31. The third-order valence-electron chi connectivity index (χ3n) is 1.62. The van der Waals surface area contributed by atoms with Crippen LogP contribution in [0.2, 0.25) is 0 Å². The highest BCUT2D eigenvalue weighted by Crippen LogP contribution is 2.27. The van der Waals surface area contributed by atoms with Gasteiger partial charge in [-0.05, 0) is 24.8 Å². The molecule has 0 spiro atoms. The first-order valence-electron chi connectivity index (χ1n) is 4.66. The molecule has 0 atom stereocenters. The molecule has 0 saturated heterocycles. The minimum absolute atomic E-state index is 0.821. The average Bonchev–Trinajstić information content (AvgIpc) is 2.54. The zero-order chi connectivity index (χ0) is 9.52. The first kappa shape index (κ1) is 11.1. The molecule has 1 aromatic heterocycles. The maximum Gasteiger partial charge on any atom is 0.0601 e. The molecule has 0 bridgehead atoms. The molecular weight excluding hydrogens is 200 g/mol. The number of hydrogen-bond donors (Lipinski definition) is 0. The lowest BCUT2D eigenvalue weighted by molar-refractivity contribution is 0.151. The Morgan fingerprint density at radius 2 is 2.23 bits per heavy atom. The maximum absolute atomic E-state index is 5.31. The Hall–Kier alpha value is 0.01000. The highest BCUT2D eigenvalue weighted by atomic mass is 32.2. The Kier molecular flexibility index (Phi) is 5.51. The molecule has 0 saturated carbocycles. The van der Waals surface area contributed by atoms with Gasteiger partial charge in [0, 0.05) is 17.9 Å². The summed E-state index contributed by atoms with van der Waals surface area (Å²) in [6.07, 6.45) is 1.06. The van der Waals surface area contributed by atoms with Crippen molar-refractivity contribution < 1.29 is 4.74 Å². The predicted molar refractivity (Wildman–Crippen MR) is 60.9 cm³/mol. The summed E-state index contributed by atoms with van der Waals surface area (Å²) >= 11 is 3.80. The van der Waals surface area contributed by atoms with Crippen LogP contribution in [-0.2, 0) is 11.2 Å². The Morgan fingerprint density at radius 3 is 2.92 bits per heavy atom. The molecule has 0 aliphatic rings. The molecule has 74 valence electrons. The van der Waals surface area contributed by atoms with Crippen molar-refractivity contribution in [3.8, 4) is 0 Å². The molecule has 3 heteroatoms. The predicted octanol–water partition coefficient (Wildman–Crippen LogP) is 3.44. The van der Waals surface area contributed by atoms with E-state index in [1.54, 1.807) is 0 Å². The summed E-state index contributed by atoms with van der Waals surface area (Å²) in [7, 11) is 0. The average molecular weight is 216 g/mol. The van der Waals surface area contributed by atoms with Gasteiger partial charge in [-0.15, -0.1) is 23.1 Å². The van der Waals surface area contributed by atoms with E-state index in [2.05, 4.69) is 19.1 Å². The third-order valence-corrected chi connectivity index (χ3v) is 3.87. The lowest BCUT2D eigenvalue weighted by Gasteiger charge is -1.97. The topological polar surface area (TPSA) is 9.23 Å². The van der Waals surface area contributed by atoms with Crippen LogP contribution in [0.1, 0.15) is 18.7 Å². The number of hydrogen-bond acceptors (Lipinski definition) is 3. The molecule has 0 aliphatic heterocycles. The van der Waals surface area contributed by atoms with E-state index >= 15 is 0 Å². The molecule has 1 rings (SSSR count). The highest BCUT2D eigenvalue weighted by molar-refractivity contribution is 8.01. The van der Waals surface area contributed by atoms with Crippen LogP contribution in [0, 0.1) is 0 Å². The number of thioether (sulfide) groups is 1. The van der Waals surface area contributed by atoms with Gasteiger partial charge in [0.1, 0.15) is 0 Å². The first-order valence-corrected chi connectivity index (χ1v) is 6.46. The van der Waals surface area contributed by atoms with Crippen LogP contribution >= 0.6 is 23.1 Å². The smallest absolute Gasteiger partial charge is 0.0601 e. The van der Waals surface area contributed by atoms with Gasteiger partial charge in [-0.1, -0.05) is 6.92 Å². The van der Waals surface area contributed by atoms with E-state index in [4.69, 9.17) is 4.74 Å². The molecule has 0 aliphatic carbocycles. The van der Waals surface area contributed by atoms with E-state index in [9.17, 15) is 0 Å². The standard InChI is InChI=1S/C10H16OS2/c1-3-11-8-7-9-5-6-10(13-9)12-4-2/h5-6H,3-4,7-8H2,1-2H3. The summed E-state index contributed by atoms with van der Waals surface area (Å²) in [4.78, 5) is 1.43. The molecule has 0 fully saturated rings. The fourth-order valence-electron chi connectivity index (χ4n) is 1.03. The van der Waals surface area contributed by atoms with Gasteiger partial charge in [-0.2, -0.15) is 0 Å². The second-order valence-electron chi connectivity index (χ2n) is 2.60. The minimum Gasteiger partial charge on any atom is -0.381 e. The summed E-state index contributed by atoms with van der Waals surface area (Å²) < 4.78 is 6.73. The molecule has 0 unspecified atom stereocenters. The summed E-state index contributed by atoms with van der Waals surface area (Å²) in [6.45, 7) is 5.90.